The average molecular weight is 283 g/mol. The predicted octanol–water partition coefficient (Wildman–Crippen LogP) is 3.42. The molecule has 0 atom stereocenters. The fourth-order valence-electron chi connectivity index (χ4n) is 1.89. The molecule has 1 amide bonds. The summed E-state index contributed by atoms with van der Waals surface area (Å²) in [5.74, 6) is -0.545. The van der Waals surface area contributed by atoms with E-state index in [0.717, 1.165) is 5.56 Å². The number of carbonyl (C=O) groups is 2. The maximum atomic E-state index is 12.1. The van der Waals surface area contributed by atoms with E-state index in [4.69, 9.17) is 4.74 Å². The normalized spacial score (nSPS) is 10.0. The van der Waals surface area contributed by atoms with Crippen molar-refractivity contribution >= 4 is 17.6 Å². The van der Waals surface area contributed by atoms with Crippen LogP contribution in [0.25, 0.3) is 0 Å². The monoisotopic (exact) mass is 283 g/mol. The SMILES string of the molecule is CCOC(=O)c1ccc(NC(=O)c2cccc(C)c2)cc1. The van der Waals surface area contributed by atoms with Gasteiger partial charge in [-0.2, -0.15) is 0 Å². The van der Waals surface area contributed by atoms with Crippen LogP contribution in [0.3, 0.4) is 0 Å². The van der Waals surface area contributed by atoms with Crippen LogP contribution in [0.15, 0.2) is 48.5 Å². The molecular formula is C17H17NO3. The van der Waals surface area contributed by atoms with Crippen molar-refractivity contribution in [1.29, 1.82) is 0 Å². The standard InChI is InChI=1S/C17H17NO3/c1-3-21-17(20)13-7-9-15(10-8-13)18-16(19)14-6-4-5-12(2)11-14/h4-11H,3H2,1-2H3,(H,18,19). The highest BCUT2D eigenvalue weighted by Crippen LogP contribution is 2.13. The summed E-state index contributed by atoms with van der Waals surface area (Å²) in [6, 6.07) is 14.0. The van der Waals surface area contributed by atoms with E-state index < -0.39 is 0 Å². The Morgan fingerprint density at radius 2 is 1.76 bits per heavy atom. The lowest BCUT2D eigenvalue weighted by atomic mass is 10.1. The topological polar surface area (TPSA) is 55.4 Å². The minimum Gasteiger partial charge on any atom is -0.462 e. The Labute approximate surface area is 123 Å². The van der Waals surface area contributed by atoms with Gasteiger partial charge in [-0.25, -0.2) is 4.79 Å². The first-order valence-corrected chi connectivity index (χ1v) is 6.75. The fourth-order valence-corrected chi connectivity index (χ4v) is 1.89. The number of carbonyl (C=O) groups excluding carboxylic acids is 2. The molecule has 2 aromatic rings. The first-order valence-electron chi connectivity index (χ1n) is 6.75. The summed E-state index contributed by atoms with van der Waals surface area (Å²) in [5.41, 5.74) is 2.73. The van der Waals surface area contributed by atoms with Crippen LogP contribution in [0.4, 0.5) is 5.69 Å². The number of hydrogen-bond acceptors (Lipinski definition) is 3. The van der Waals surface area contributed by atoms with Crippen LogP contribution in [-0.4, -0.2) is 18.5 Å². The summed E-state index contributed by atoms with van der Waals surface area (Å²) in [5, 5.41) is 2.79. The number of amides is 1. The molecule has 108 valence electrons. The zero-order valence-electron chi connectivity index (χ0n) is 12.1. The first kappa shape index (κ1) is 14.8. The lowest BCUT2D eigenvalue weighted by Gasteiger charge is -2.07. The number of ether oxygens (including phenoxy) is 1. The van der Waals surface area contributed by atoms with E-state index in [1.165, 1.54) is 0 Å². The Morgan fingerprint density at radius 1 is 1.05 bits per heavy atom. The predicted molar refractivity (Wildman–Crippen MR) is 81.5 cm³/mol. The highest BCUT2D eigenvalue weighted by atomic mass is 16.5. The molecule has 0 fully saturated rings. The second-order valence-electron chi connectivity index (χ2n) is 4.62. The summed E-state index contributed by atoms with van der Waals surface area (Å²) in [6.45, 7) is 4.03. The second kappa shape index (κ2) is 6.70. The summed E-state index contributed by atoms with van der Waals surface area (Å²) in [7, 11) is 0. The van der Waals surface area contributed by atoms with E-state index in [-0.39, 0.29) is 11.9 Å². The molecule has 1 N–H and O–H groups in total. The molecule has 0 unspecified atom stereocenters. The number of benzene rings is 2. The van der Waals surface area contributed by atoms with Crippen LogP contribution in [0.2, 0.25) is 0 Å². The number of anilines is 1. The van der Waals surface area contributed by atoms with Gasteiger partial charge in [0.2, 0.25) is 0 Å². The fraction of sp³-hybridized carbons (Fsp3) is 0.176. The highest BCUT2D eigenvalue weighted by Gasteiger charge is 2.08. The minimum atomic E-state index is -0.367. The largest absolute Gasteiger partial charge is 0.462 e. The summed E-state index contributed by atoms with van der Waals surface area (Å²) < 4.78 is 4.91. The van der Waals surface area contributed by atoms with Crippen LogP contribution in [0, 0.1) is 6.92 Å². The molecule has 0 heterocycles. The summed E-state index contributed by atoms with van der Waals surface area (Å²) in [6.07, 6.45) is 0. The molecule has 4 heteroatoms. The van der Waals surface area contributed by atoms with Crippen molar-refractivity contribution in [2.45, 2.75) is 13.8 Å². The molecule has 0 spiro atoms. The van der Waals surface area contributed by atoms with Gasteiger partial charge in [0.15, 0.2) is 0 Å². The van der Waals surface area contributed by atoms with Crippen molar-refractivity contribution in [3.63, 3.8) is 0 Å². The van der Waals surface area contributed by atoms with Crippen LogP contribution in [-0.2, 0) is 4.74 Å². The smallest absolute Gasteiger partial charge is 0.338 e. The third-order valence-electron chi connectivity index (χ3n) is 2.93. The lowest BCUT2D eigenvalue weighted by molar-refractivity contribution is 0.0526. The zero-order chi connectivity index (χ0) is 15.2. The van der Waals surface area contributed by atoms with Gasteiger partial charge in [-0.1, -0.05) is 17.7 Å². The van der Waals surface area contributed by atoms with Crippen LogP contribution < -0.4 is 5.32 Å². The van der Waals surface area contributed by atoms with Crippen LogP contribution >= 0.6 is 0 Å². The maximum Gasteiger partial charge on any atom is 0.338 e. The van der Waals surface area contributed by atoms with Crippen molar-refractivity contribution in [3.8, 4) is 0 Å². The molecule has 0 aliphatic rings. The van der Waals surface area contributed by atoms with Gasteiger partial charge in [-0.05, 0) is 50.2 Å². The van der Waals surface area contributed by atoms with E-state index in [1.54, 1.807) is 37.3 Å². The Kier molecular flexibility index (Phi) is 4.72. The molecule has 0 aliphatic heterocycles. The maximum absolute atomic E-state index is 12.1. The number of nitrogens with one attached hydrogen (secondary N) is 1. The van der Waals surface area contributed by atoms with Gasteiger partial charge in [0.1, 0.15) is 0 Å². The van der Waals surface area contributed by atoms with E-state index >= 15 is 0 Å². The summed E-state index contributed by atoms with van der Waals surface area (Å²) >= 11 is 0. The molecule has 21 heavy (non-hydrogen) atoms. The summed E-state index contributed by atoms with van der Waals surface area (Å²) in [4.78, 5) is 23.6. The molecule has 4 nitrogen and oxygen atoms in total. The van der Waals surface area contributed by atoms with Gasteiger partial charge in [0, 0.05) is 11.3 Å². The van der Waals surface area contributed by atoms with Gasteiger partial charge < -0.3 is 10.1 Å². The molecular weight excluding hydrogens is 266 g/mol. The van der Waals surface area contributed by atoms with Gasteiger partial charge in [-0.3, -0.25) is 4.79 Å². The van der Waals surface area contributed by atoms with Crippen molar-refractivity contribution in [2.75, 3.05) is 11.9 Å². The van der Waals surface area contributed by atoms with Crippen LogP contribution in [0.5, 0.6) is 0 Å². The number of aryl methyl sites for hydroxylation is 1. The van der Waals surface area contributed by atoms with E-state index in [0.29, 0.717) is 23.4 Å². The Hall–Kier alpha value is -2.62. The van der Waals surface area contributed by atoms with Gasteiger partial charge in [-0.15, -0.1) is 0 Å². The highest BCUT2D eigenvalue weighted by molar-refractivity contribution is 6.04. The zero-order valence-corrected chi connectivity index (χ0v) is 12.1. The molecule has 0 saturated heterocycles. The molecule has 0 saturated carbocycles. The number of hydrogen-bond donors (Lipinski definition) is 1. The van der Waals surface area contributed by atoms with Gasteiger partial charge in [0.05, 0.1) is 12.2 Å². The minimum absolute atomic E-state index is 0.178. The Balaban J connectivity index is 2.06. The first-order chi connectivity index (χ1) is 10.1. The van der Waals surface area contributed by atoms with Crippen molar-refractivity contribution in [1.82, 2.24) is 0 Å². The van der Waals surface area contributed by atoms with Crippen molar-refractivity contribution < 1.29 is 14.3 Å². The van der Waals surface area contributed by atoms with E-state index in [1.807, 2.05) is 25.1 Å². The number of rotatable bonds is 4. The quantitative estimate of drug-likeness (QED) is 0.875. The van der Waals surface area contributed by atoms with Crippen molar-refractivity contribution in [2.24, 2.45) is 0 Å². The molecule has 0 bridgehead atoms. The third kappa shape index (κ3) is 3.92. The Morgan fingerprint density at radius 3 is 2.38 bits per heavy atom. The molecule has 2 aromatic carbocycles. The van der Waals surface area contributed by atoms with Gasteiger partial charge >= 0.3 is 5.97 Å². The van der Waals surface area contributed by atoms with E-state index in [9.17, 15) is 9.59 Å². The lowest BCUT2D eigenvalue weighted by Crippen LogP contribution is -2.12. The average Bonchev–Trinajstić information content (AvgIpc) is 2.48. The third-order valence-corrected chi connectivity index (χ3v) is 2.93. The van der Waals surface area contributed by atoms with E-state index in [2.05, 4.69) is 5.32 Å². The molecule has 0 radical (unpaired) electrons. The van der Waals surface area contributed by atoms with Gasteiger partial charge in [0.25, 0.3) is 5.91 Å². The second-order valence-corrected chi connectivity index (χ2v) is 4.62. The number of esters is 1. The molecule has 2 rings (SSSR count). The van der Waals surface area contributed by atoms with Crippen LogP contribution in [0.1, 0.15) is 33.2 Å². The van der Waals surface area contributed by atoms with Crippen molar-refractivity contribution in [3.05, 3.63) is 65.2 Å². The molecule has 0 aliphatic carbocycles. The Bertz CT molecular complexity index is 647. The molecule has 0 aromatic heterocycles.